The van der Waals surface area contributed by atoms with E-state index >= 15 is 0 Å². The van der Waals surface area contributed by atoms with Crippen molar-refractivity contribution in [2.24, 2.45) is 5.92 Å². The molecule has 0 aliphatic carbocycles. The number of hydrogen-bond acceptors (Lipinski definition) is 5. The Bertz CT molecular complexity index is 640. The Balaban J connectivity index is 2.11. The molecule has 6 nitrogen and oxygen atoms in total. The van der Waals surface area contributed by atoms with Gasteiger partial charge >= 0.3 is 12.1 Å². The summed E-state index contributed by atoms with van der Waals surface area (Å²) in [5.41, 5.74) is 1.59. The Morgan fingerprint density at radius 3 is 2.54 bits per heavy atom. The topological polar surface area (TPSA) is 72.9 Å². The van der Waals surface area contributed by atoms with Crippen LogP contribution in [-0.2, 0) is 25.7 Å². The molecular weight excluding hydrogens is 310 g/mol. The van der Waals surface area contributed by atoms with Crippen molar-refractivity contribution in [1.82, 2.24) is 4.90 Å². The fourth-order valence-corrected chi connectivity index (χ4v) is 2.77. The van der Waals surface area contributed by atoms with Crippen LogP contribution in [0.5, 0.6) is 0 Å². The van der Waals surface area contributed by atoms with E-state index in [2.05, 4.69) is 6.58 Å². The summed E-state index contributed by atoms with van der Waals surface area (Å²) in [4.78, 5) is 37.8. The lowest BCUT2D eigenvalue weighted by Crippen LogP contribution is -2.44. The first kappa shape index (κ1) is 17.7. The van der Waals surface area contributed by atoms with E-state index in [0.717, 1.165) is 16.0 Å². The van der Waals surface area contributed by atoms with Gasteiger partial charge in [0.2, 0.25) is 0 Å². The van der Waals surface area contributed by atoms with Crippen molar-refractivity contribution in [2.45, 2.75) is 26.0 Å². The number of methoxy groups -OCH3 is 1. The number of allylic oxidation sites excluding steroid dienone is 1. The average Bonchev–Trinajstić information content (AvgIpc) is 2.89. The predicted molar refractivity (Wildman–Crippen MR) is 87.1 cm³/mol. The minimum Gasteiger partial charge on any atom is -0.467 e. The molecule has 0 saturated carbocycles. The highest BCUT2D eigenvalue weighted by molar-refractivity contribution is 5.97. The maximum atomic E-state index is 12.3. The molecule has 1 aliphatic heterocycles. The van der Waals surface area contributed by atoms with Crippen LogP contribution in [0.15, 0.2) is 42.5 Å². The monoisotopic (exact) mass is 331 g/mol. The van der Waals surface area contributed by atoms with E-state index < -0.39 is 24.0 Å². The molecule has 1 saturated heterocycles. The quantitative estimate of drug-likeness (QED) is 0.611. The maximum absolute atomic E-state index is 12.3. The Morgan fingerprint density at radius 2 is 1.96 bits per heavy atom. The number of rotatable bonds is 5. The molecule has 24 heavy (non-hydrogen) atoms. The zero-order valence-corrected chi connectivity index (χ0v) is 13.9. The number of benzene rings is 1. The van der Waals surface area contributed by atoms with Crippen LogP contribution in [0.25, 0.3) is 0 Å². The number of nitrogens with zero attached hydrogens (tertiary/aromatic N) is 1. The zero-order chi connectivity index (χ0) is 17.7. The first-order valence-corrected chi connectivity index (χ1v) is 7.66. The molecular formula is C18H21NO5. The van der Waals surface area contributed by atoms with Gasteiger partial charge in [-0.3, -0.25) is 9.69 Å². The summed E-state index contributed by atoms with van der Waals surface area (Å²) >= 11 is 0. The highest BCUT2D eigenvalue weighted by Gasteiger charge is 2.48. The van der Waals surface area contributed by atoms with Crippen LogP contribution in [0, 0.1) is 5.92 Å². The molecule has 0 spiro atoms. The van der Waals surface area contributed by atoms with Gasteiger partial charge in [0.15, 0.2) is 5.78 Å². The summed E-state index contributed by atoms with van der Waals surface area (Å²) < 4.78 is 10.0. The van der Waals surface area contributed by atoms with Gasteiger partial charge in [-0.1, -0.05) is 35.9 Å². The number of carbonyl (C=O) groups excluding carboxylic acids is 3. The van der Waals surface area contributed by atoms with Crippen LogP contribution >= 0.6 is 0 Å². The molecule has 1 aromatic rings. The highest BCUT2D eigenvalue weighted by Crippen LogP contribution is 2.28. The van der Waals surface area contributed by atoms with Gasteiger partial charge in [0.05, 0.1) is 19.6 Å². The maximum Gasteiger partial charge on any atom is 0.411 e. The minimum atomic E-state index is -0.970. The van der Waals surface area contributed by atoms with Gasteiger partial charge < -0.3 is 9.47 Å². The van der Waals surface area contributed by atoms with Gasteiger partial charge in [0.1, 0.15) is 12.6 Å². The number of likely N-dealkylation sites (tertiary alicyclic amines) is 1. The van der Waals surface area contributed by atoms with E-state index in [9.17, 15) is 14.4 Å². The number of ether oxygens (including phenoxy) is 2. The number of carbonyl (C=O) groups is 3. The van der Waals surface area contributed by atoms with Crippen LogP contribution in [-0.4, -0.2) is 42.4 Å². The van der Waals surface area contributed by atoms with Crippen molar-refractivity contribution in [2.75, 3.05) is 13.7 Å². The molecule has 2 atom stereocenters. The van der Waals surface area contributed by atoms with E-state index in [0.29, 0.717) is 6.42 Å². The molecule has 128 valence electrons. The standard InChI is InChI=1S/C18H21NO5/c1-12(2)9-14-15(20)10-19(16(14)17(21)23-3)18(22)24-11-13-7-5-4-6-8-13/h4-8,14,16H,1,9-11H2,2-3H3/t14-,16-/m0/s1. The molecule has 0 aromatic heterocycles. The van der Waals surface area contributed by atoms with Crippen molar-refractivity contribution < 1.29 is 23.9 Å². The van der Waals surface area contributed by atoms with Gasteiger partial charge in [0, 0.05) is 0 Å². The SMILES string of the molecule is C=C(C)C[C@H]1C(=O)CN(C(=O)OCc2ccccc2)[C@@H]1C(=O)OC. The summed E-state index contributed by atoms with van der Waals surface area (Å²) in [7, 11) is 1.23. The third-order valence-electron chi connectivity index (χ3n) is 3.91. The summed E-state index contributed by atoms with van der Waals surface area (Å²) in [5, 5.41) is 0. The Hall–Kier alpha value is -2.63. The third-order valence-corrected chi connectivity index (χ3v) is 3.91. The molecule has 2 rings (SSSR count). The van der Waals surface area contributed by atoms with Gasteiger partial charge in [-0.05, 0) is 18.9 Å². The van der Waals surface area contributed by atoms with Crippen LogP contribution in [0.4, 0.5) is 4.79 Å². The van der Waals surface area contributed by atoms with Crippen molar-refractivity contribution in [3.63, 3.8) is 0 Å². The number of amides is 1. The fourth-order valence-electron chi connectivity index (χ4n) is 2.77. The van der Waals surface area contributed by atoms with E-state index in [1.807, 2.05) is 30.3 Å². The largest absolute Gasteiger partial charge is 0.467 e. The number of esters is 1. The van der Waals surface area contributed by atoms with E-state index in [1.165, 1.54) is 7.11 Å². The van der Waals surface area contributed by atoms with Crippen LogP contribution < -0.4 is 0 Å². The van der Waals surface area contributed by atoms with Gasteiger partial charge in [-0.25, -0.2) is 9.59 Å². The number of Topliss-reactive ketones (excluding diaryl/α,β-unsaturated/α-hetero) is 1. The van der Waals surface area contributed by atoms with Gasteiger partial charge in [-0.2, -0.15) is 0 Å². The molecule has 0 radical (unpaired) electrons. The molecule has 6 heteroatoms. The lowest BCUT2D eigenvalue weighted by atomic mass is 9.92. The summed E-state index contributed by atoms with van der Waals surface area (Å²) in [5.74, 6) is -1.45. The van der Waals surface area contributed by atoms with E-state index in [4.69, 9.17) is 9.47 Å². The Labute approximate surface area is 141 Å². The van der Waals surface area contributed by atoms with Crippen molar-refractivity contribution >= 4 is 17.8 Å². The van der Waals surface area contributed by atoms with Crippen molar-refractivity contribution in [3.8, 4) is 0 Å². The smallest absolute Gasteiger partial charge is 0.411 e. The molecule has 0 bridgehead atoms. The average molecular weight is 331 g/mol. The second kappa shape index (κ2) is 7.77. The molecule has 0 unspecified atom stereocenters. The summed E-state index contributed by atoms with van der Waals surface area (Å²) in [6.45, 7) is 5.47. The highest BCUT2D eigenvalue weighted by atomic mass is 16.6. The second-order valence-corrected chi connectivity index (χ2v) is 5.87. The Kier molecular flexibility index (Phi) is 5.73. The molecule has 0 N–H and O–H groups in total. The van der Waals surface area contributed by atoms with Gasteiger partial charge in [-0.15, -0.1) is 6.58 Å². The predicted octanol–water partition coefficient (Wildman–Crippen LogP) is 2.33. The second-order valence-electron chi connectivity index (χ2n) is 5.87. The third kappa shape index (κ3) is 4.01. The first-order valence-electron chi connectivity index (χ1n) is 7.66. The molecule has 1 aliphatic rings. The van der Waals surface area contributed by atoms with Gasteiger partial charge in [0.25, 0.3) is 0 Å². The van der Waals surface area contributed by atoms with Crippen LogP contribution in [0.3, 0.4) is 0 Å². The number of ketones is 1. The first-order chi connectivity index (χ1) is 11.4. The fraction of sp³-hybridized carbons (Fsp3) is 0.389. The number of hydrogen-bond donors (Lipinski definition) is 0. The summed E-state index contributed by atoms with van der Waals surface area (Å²) in [6, 6.07) is 8.21. The molecule has 1 fully saturated rings. The zero-order valence-electron chi connectivity index (χ0n) is 13.9. The normalized spacial score (nSPS) is 19.9. The Morgan fingerprint density at radius 1 is 1.29 bits per heavy atom. The van der Waals surface area contributed by atoms with Crippen LogP contribution in [0.2, 0.25) is 0 Å². The lowest BCUT2D eigenvalue weighted by Gasteiger charge is -2.24. The molecule has 1 heterocycles. The van der Waals surface area contributed by atoms with E-state index in [-0.39, 0.29) is 18.9 Å². The minimum absolute atomic E-state index is 0.0728. The van der Waals surface area contributed by atoms with Crippen molar-refractivity contribution in [1.29, 1.82) is 0 Å². The van der Waals surface area contributed by atoms with Crippen molar-refractivity contribution in [3.05, 3.63) is 48.0 Å². The van der Waals surface area contributed by atoms with E-state index in [1.54, 1.807) is 6.92 Å². The lowest BCUT2D eigenvalue weighted by molar-refractivity contribution is -0.147. The molecule has 1 amide bonds. The van der Waals surface area contributed by atoms with Crippen LogP contribution in [0.1, 0.15) is 18.9 Å². The summed E-state index contributed by atoms with van der Waals surface area (Å²) in [6.07, 6.45) is -0.368. The molecule has 1 aromatic carbocycles.